The molecule has 1 atom stereocenters. The van der Waals surface area contributed by atoms with Gasteiger partial charge < -0.3 is 5.73 Å². The van der Waals surface area contributed by atoms with Gasteiger partial charge in [0.05, 0.1) is 0 Å². The van der Waals surface area contributed by atoms with Gasteiger partial charge >= 0.3 is 0 Å². The first-order valence-electron chi connectivity index (χ1n) is 7.18. The summed E-state index contributed by atoms with van der Waals surface area (Å²) in [5.74, 6) is 0.438. The minimum atomic E-state index is -0.377. The van der Waals surface area contributed by atoms with Crippen molar-refractivity contribution in [3.8, 4) is 0 Å². The molecule has 2 aliphatic rings. The van der Waals surface area contributed by atoms with Crippen LogP contribution >= 0.6 is 0 Å². The van der Waals surface area contributed by atoms with Gasteiger partial charge in [-0.05, 0) is 40.4 Å². The van der Waals surface area contributed by atoms with E-state index in [1.807, 2.05) is 6.07 Å². The normalized spacial score (nSPS) is 20.5. The Hall–Kier alpha value is -1.67. The third-order valence-corrected chi connectivity index (χ3v) is 5.91. The molecule has 1 aromatic rings. The highest BCUT2D eigenvalue weighted by molar-refractivity contribution is 6.73. The van der Waals surface area contributed by atoms with Crippen LogP contribution in [-0.2, 0) is 0 Å². The Morgan fingerprint density at radius 2 is 1.90 bits per heavy atom. The van der Waals surface area contributed by atoms with Crippen LogP contribution in [0.25, 0.3) is 5.57 Å². The van der Waals surface area contributed by atoms with Crippen molar-refractivity contribution in [2.75, 3.05) is 5.73 Å². The molecule has 0 saturated heterocycles. The van der Waals surface area contributed by atoms with Gasteiger partial charge in [-0.1, -0.05) is 50.4 Å². The molecule has 0 amide bonds. The van der Waals surface area contributed by atoms with Crippen LogP contribution in [0, 0.1) is 0 Å². The van der Waals surface area contributed by atoms with Crippen LogP contribution in [0.3, 0.4) is 0 Å². The van der Waals surface area contributed by atoms with Gasteiger partial charge in [0.2, 0.25) is 0 Å². The average molecular weight is 279 g/mol. The van der Waals surface area contributed by atoms with Gasteiger partial charge in [0.25, 0.3) is 0 Å². The Morgan fingerprint density at radius 3 is 2.50 bits per heavy atom. The molecular formula is C18H21NSi. The van der Waals surface area contributed by atoms with Crippen molar-refractivity contribution in [2.24, 2.45) is 0 Å². The maximum Gasteiger partial charge on any atom is 0.0393 e. The molecule has 0 aliphatic heterocycles. The number of benzene rings is 1. The lowest BCUT2D eigenvalue weighted by Crippen LogP contribution is -2.01. The Kier molecular flexibility index (Phi) is 3.13. The summed E-state index contributed by atoms with van der Waals surface area (Å²) in [4.78, 5) is 0. The van der Waals surface area contributed by atoms with Crippen LogP contribution in [0.4, 0.5) is 5.69 Å². The minimum absolute atomic E-state index is 0.377. The summed E-state index contributed by atoms with van der Waals surface area (Å²) in [6, 6.07) is 6.29. The van der Waals surface area contributed by atoms with E-state index >= 15 is 0 Å². The molecule has 20 heavy (non-hydrogen) atoms. The van der Waals surface area contributed by atoms with Crippen molar-refractivity contribution in [2.45, 2.75) is 32.9 Å². The van der Waals surface area contributed by atoms with Gasteiger partial charge in [-0.15, -0.1) is 0 Å². The standard InChI is InChI=1S/C18H21NSi/c1-11-15-6-5-7-16(19)18(15)12(2)17(11)13-8-9-14(10-13)20(3)4/h5-11H,19H2,1-4H3. The molecule has 1 aromatic carbocycles. The second-order valence-corrected chi connectivity index (χ2v) is 8.54. The van der Waals surface area contributed by atoms with Crippen molar-refractivity contribution < 1.29 is 0 Å². The Labute approximate surface area is 122 Å². The molecule has 2 aliphatic carbocycles. The summed E-state index contributed by atoms with van der Waals surface area (Å²) in [6.07, 6.45) is 6.96. The van der Waals surface area contributed by atoms with E-state index in [4.69, 9.17) is 5.73 Å². The molecule has 0 aromatic heterocycles. The zero-order chi connectivity index (χ0) is 14.4. The molecule has 0 spiro atoms. The van der Waals surface area contributed by atoms with Gasteiger partial charge in [0.1, 0.15) is 0 Å². The van der Waals surface area contributed by atoms with Crippen molar-refractivity contribution in [1.29, 1.82) is 0 Å². The number of nitrogens with two attached hydrogens (primary N) is 1. The second-order valence-electron chi connectivity index (χ2n) is 5.96. The third kappa shape index (κ3) is 1.87. The first kappa shape index (κ1) is 13.3. The molecule has 3 rings (SSSR count). The minimum Gasteiger partial charge on any atom is -0.398 e. The molecule has 0 bridgehead atoms. The second kappa shape index (κ2) is 4.71. The SMILES string of the molecule is CC1=C(C2=CC(=[Si](C)C)C=C2)C(C)c2cccc(N)c21. The van der Waals surface area contributed by atoms with Crippen molar-refractivity contribution >= 4 is 24.8 Å². The average Bonchev–Trinajstić information content (AvgIpc) is 2.95. The van der Waals surface area contributed by atoms with Crippen molar-refractivity contribution in [3.05, 3.63) is 58.7 Å². The number of rotatable bonds is 1. The van der Waals surface area contributed by atoms with E-state index in [1.54, 1.807) is 0 Å². The van der Waals surface area contributed by atoms with Crippen LogP contribution in [-0.4, -0.2) is 13.6 Å². The van der Waals surface area contributed by atoms with Crippen LogP contribution in [0.15, 0.2) is 47.6 Å². The largest absolute Gasteiger partial charge is 0.398 e. The topological polar surface area (TPSA) is 26.0 Å². The fourth-order valence-electron chi connectivity index (χ4n) is 3.39. The first-order valence-corrected chi connectivity index (χ1v) is 9.68. The monoisotopic (exact) mass is 279 g/mol. The van der Waals surface area contributed by atoms with Gasteiger partial charge in [-0.25, -0.2) is 0 Å². The molecule has 102 valence electrons. The van der Waals surface area contributed by atoms with Crippen LogP contribution in [0.1, 0.15) is 30.9 Å². The maximum atomic E-state index is 6.19. The van der Waals surface area contributed by atoms with Crippen LogP contribution in [0.5, 0.6) is 0 Å². The molecule has 2 heteroatoms. The fraction of sp³-hybridized carbons (Fsp3) is 0.278. The number of fused-ring (bicyclic) bond motifs is 1. The lowest BCUT2D eigenvalue weighted by Gasteiger charge is -2.11. The quantitative estimate of drug-likeness (QED) is 0.606. The lowest BCUT2D eigenvalue weighted by atomic mass is 9.93. The molecular weight excluding hydrogens is 258 g/mol. The van der Waals surface area contributed by atoms with Gasteiger partial charge in [0.15, 0.2) is 0 Å². The highest BCUT2D eigenvalue weighted by Gasteiger charge is 2.29. The molecule has 0 fully saturated rings. The van der Waals surface area contributed by atoms with Crippen LogP contribution < -0.4 is 5.73 Å². The van der Waals surface area contributed by atoms with E-state index in [0.717, 1.165) is 5.69 Å². The van der Waals surface area contributed by atoms with Crippen molar-refractivity contribution in [1.82, 2.24) is 0 Å². The van der Waals surface area contributed by atoms with Gasteiger partial charge in [0, 0.05) is 25.6 Å². The van der Waals surface area contributed by atoms with E-state index in [1.165, 1.54) is 33.0 Å². The van der Waals surface area contributed by atoms with E-state index < -0.39 is 0 Å². The smallest absolute Gasteiger partial charge is 0.0393 e. The fourth-order valence-corrected chi connectivity index (χ4v) is 4.25. The highest BCUT2D eigenvalue weighted by atomic mass is 28.2. The lowest BCUT2D eigenvalue weighted by molar-refractivity contribution is 0.937. The zero-order valence-electron chi connectivity index (χ0n) is 12.6. The summed E-state index contributed by atoms with van der Waals surface area (Å²) in [7, 11) is -0.377. The summed E-state index contributed by atoms with van der Waals surface area (Å²) >= 11 is 0. The van der Waals surface area contributed by atoms with E-state index in [0.29, 0.717) is 5.92 Å². The molecule has 2 N–H and O–H groups in total. The number of anilines is 1. The first-order chi connectivity index (χ1) is 9.50. The molecule has 1 nitrogen and oxygen atoms in total. The van der Waals surface area contributed by atoms with Gasteiger partial charge in [-0.2, -0.15) is 0 Å². The Morgan fingerprint density at radius 1 is 1.15 bits per heavy atom. The summed E-state index contributed by atoms with van der Waals surface area (Å²) in [5, 5.41) is 1.52. The molecule has 0 radical (unpaired) electrons. The molecule has 0 heterocycles. The molecule has 1 unspecified atom stereocenters. The third-order valence-electron chi connectivity index (χ3n) is 4.45. The Bertz CT molecular complexity index is 713. The summed E-state index contributed by atoms with van der Waals surface area (Å²) < 4.78 is 0. The van der Waals surface area contributed by atoms with Crippen molar-refractivity contribution in [3.63, 3.8) is 0 Å². The summed E-state index contributed by atoms with van der Waals surface area (Å²) in [6.45, 7) is 9.19. The predicted octanol–water partition coefficient (Wildman–Crippen LogP) is 4.16. The number of hydrogen-bond acceptors (Lipinski definition) is 1. The highest BCUT2D eigenvalue weighted by Crippen LogP contribution is 2.47. The predicted molar refractivity (Wildman–Crippen MR) is 91.6 cm³/mol. The van der Waals surface area contributed by atoms with E-state index in [2.05, 4.69) is 57.3 Å². The van der Waals surface area contributed by atoms with E-state index in [-0.39, 0.29) is 8.41 Å². The number of hydrogen-bond donors (Lipinski definition) is 1. The van der Waals surface area contributed by atoms with Gasteiger partial charge in [-0.3, -0.25) is 0 Å². The summed E-state index contributed by atoms with van der Waals surface area (Å²) in [5.41, 5.74) is 13.9. The number of allylic oxidation sites excluding steroid dienone is 6. The zero-order valence-corrected chi connectivity index (χ0v) is 13.6. The van der Waals surface area contributed by atoms with Crippen LogP contribution in [0.2, 0.25) is 13.1 Å². The number of nitrogen functional groups attached to an aromatic ring is 1. The maximum absolute atomic E-state index is 6.19. The molecule has 0 saturated carbocycles. The Balaban J connectivity index is 2.15. The van der Waals surface area contributed by atoms with E-state index in [9.17, 15) is 0 Å².